The number of nitrogens with zero attached hydrogens (tertiary/aromatic N) is 5. The standard InChI is InChI=1S/C23H27N5O4/c1-13-21(32-14(2)24-13)23(29)27-12-20-25-26-22(28(20)17-8-6-5-7-16(17)27)15-9-10-18(30-3)19(11-15)31-4/h9-11,16-17H,5-8,12H2,1-4H3/t16-,17+/m0/s1. The smallest absolute Gasteiger partial charge is 0.292 e. The molecule has 2 aromatic heterocycles. The zero-order valence-electron chi connectivity index (χ0n) is 18.8. The van der Waals surface area contributed by atoms with E-state index in [1.54, 1.807) is 21.1 Å². The van der Waals surface area contributed by atoms with Gasteiger partial charge < -0.3 is 23.4 Å². The summed E-state index contributed by atoms with van der Waals surface area (Å²) in [5, 5.41) is 9.00. The number of hydrogen-bond donors (Lipinski definition) is 0. The van der Waals surface area contributed by atoms with Crippen LogP contribution in [0.4, 0.5) is 0 Å². The van der Waals surface area contributed by atoms with E-state index in [1.165, 1.54) is 0 Å². The molecule has 1 aromatic carbocycles. The highest BCUT2D eigenvalue weighted by molar-refractivity contribution is 5.92. The first-order valence-electron chi connectivity index (χ1n) is 10.9. The van der Waals surface area contributed by atoms with Crippen molar-refractivity contribution in [2.45, 2.75) is 58.2 Å². The van der Waals surface area contributed by atoms with Gasteiger partial charge in [-0.15, -0.1) is 10.2 Å². The second-order valence-corrected chi connectivity index (χ2v) is 8.38. The second kappa shape index (κ2) is 7.96. The van der Waals surface area contributed by atoms with Crippen LogP contribution in [0.5, 0.6) is 11.5 Å². The van der Waals surface area contributed by atoms with Crippen LogP contribution in [0.3, 0.4) is 0 Å². The van der Waals surface area contributed by atoms with Crippen molar-refractivity contribution in [2.24, 2.45) is 0 Å². The number of ether oxygens (including phenoxy) is 2. The monoisotopic (exact) mass is 437 g/mol. The summed E-state index contributed by atoms with van der Waals surface area (Å²) >= 11 is 0. The van der Waals surface area contributed by atoms with Crippen molar-refractivity contribution in [1.82, 2.24) is 24.6 Å². The van der Waals surface area contributed by atoms with Crippen molar-refractivity contribution in [1.29, 1.82) is 0 Å². The minimum atomic E-state index is -0.123. The van der Waals surface area contributed by atoms with E-state index >= 15 is 0 Å². The summed E-state index contributed by atoms with van der Waals surface area (Å²) in [5.74, 6) is 3.58. The van der Waals surface area contributed by atoms with Gasteiger partial charge in [-0.05, 0) is 38.0 Å². The van der Waals surface area contributed by atoms with Gasteiger partial charge in [0.2, 0.25) is 5.76 Å². The quantitative estimate of drug-likeness (QED) is 0.614. The number of hydrogen-bond acceptors (Lipinski definition) is 7. The SMILES string of the molecule is COc1ccc(-c2nnc3n2[C@@H]2CCCC[C@@H]2N(C(=O)c2oc(C)nc2C)C3)cc1OC. The van der Waals surface area contributed by atoms with Gasteiger partial charge in [0, 0.05) is 12.5 Å². The first kappa shape index (κ1) is 20.5. The normalized spacial score (nSPS) is 19.9. The molecule has 9 nitrogen and oxygen atoms in total. The van der Waals surface area contributed by atoms with Crippen LogP contribution in [-0.4, -0.2) is 50.8 Å². The lowest BCUT2D eigenvalue weighted by Crippen LogP contribution is -2.50. The van der Waals surface area contributed by atoms with Crippen molar-refractivity contribution in [3.05, 3.63) is 41.4 Å². The Bertz CT molecular complexity index is 1170. The van der Waals surface area contributed by atoms with Crippen LogP contribution < -0.4 is 9.47 Å². The van der Waals surface area contributed by atoms with E-state index in [0.717, 1.165) is 42.9 Å². The van der Waals surface area contributed by atoms with E-state index < -0.39 is 0 Å². The summed E-state index contributed by atoms with van der Waals surface area (Å²) in [6.45, 7) is 3.96. The van der Waals surface area contributed by atoms with E-state index in [1.807, 2.05) is 30.0 Å². The zero-order chi connectivity index (χ0) is 22.4. The lowest BCUT2D eigenvalue weighted by Gasteiger charge is -2.44. The van der Waals surface area contributed by atoms with Crippen LogP contribution in [0.25, 0.3) is 11.4 Å². The summed E-state index contributed by atoms with van der Waals surface area (Å²) in [6, 6.07) is 5.94. The van der Waals surface area contributed by atoms with E-state index in [4.69, 9.17) is 13.9 Å². The predicted molar refractivity (Wildman–Crippen MR) is 116 cm³/mol. The van der Waals surface area contributed by atoms with Crippen LogP contribution in [0.2, 0.25) is 0 Å². The second-order valence-electron chi connectivity index (χ2n) is 8.38. The largest absolute Gasteiger partial charge is 0.493 e. The molecule has 5 rings (SSSR count). The molecule has 1 amide bonds. The topological polar surface area (TPSA) is 95.5 Å². The number of aryl methyl sites for hydroxylation is 2. The maximum Gasteiger partial charge on any atom is 0.292 e. The number of aromatic nitrogens is 4. The maximum absolute atomic E-state index is 13.4. The number of benzene rings is 1. The van der Waals surface area contributed by atoms with Crippen molar-refractivity contribution < 1.29 is 18.7 Å². The number of rotatable bonds is 4. The Hall–Kier alpha value is -3.36. The first-order chi connectivity index (χ1) is 15.5. The average molecular weight is 438 g/mol. The fourth-order valence-electron chi connectivity index (χ4n) is 5.06. The third kappa shape index (κ3) is 3.23. The fraction of sp³-hybridized carbons (Fsp3) is 0.478. The van der Waals surface area contributed by atoms with Gasteiger partial charge >= 0.3 is 0 Å². The summed E-state index contributed by atoms with van der Waals surface area (Å²) < 4.78 is 18.7. The molecule has 1 aliphatic carbocycles. The highest BCUT2D eigenvalue weighted by Crippen LogP contribution is 2.41. The zero-order valence-corrected chi connectivity index (χ0v) is 18.8. The number of carbonyl (C=O) groups is 1. The molecule has 0 N–H and O–H groups in total. The van der Waals surface area contributed by atoms with Crippen LogP contribution in [0.1, 0.15) is 59.7 Å². The molecule has 3 heterocycles. The summed E-state index contributed by atoms with van der Waals surface area (Å²) in [5.41, 5.74) is 1.53. The van der Waals surface area contributed by atoms with Crippen LogP contribution in [0, 0.1) is 13.8 Å². The Morgan fingerprint density at radius 1 is 1.06 bits per heavy atom. The Kier molecular flexibility index (Phi) is 5.11. The summed E-state index contributed by atoms with van der Waals surface area (Å²) in [4.78, 5) is 19.6. The van der Waals surface area contributed by atoms with E-state index in [0.29, 0.717) is 35.4 Å². The molecule has 9 heteroatoms. The third-order valence-corrected chi connectivity index (χ3v) is 6.50. The molecule has 0 spiro atoms. The van der Waals surface area contributed by atoms with Gasteiger partial charge in [0.25, 0.3) is 5.91 Å². The van der Waals surface area contributed by atoms with Gasteiger partial charge in [-0.3, -0.25) is 4.79 Å². The number of methoxy groups -OCH3 is 2. The van der Waals surface area contributed by atoms with Crippen molar-refractivity contribution in [3.8, 4) is 22.9 Å². The average Bonchev–Trinajstić information content (AvgIpc) is 3.40. The van der Waals surface area contributed by atoms with Crippen molar-refractivity contribution >= 4 is 5.91 Å². The van der Waals surface area contributed by atoms with Gasteiger partial charge in [-0.1, -0.05) is 12.8 Å². The number of fused-ring (bicyclic) bond motifs is 3. The fourth-order valence-corrected chi connectivity index (χ4v) is 5.06. The van der Waals surface area contributed by atoms with E-state index in [2.05, 4.69) is 19.7 Å². The minimum absolute atomic E-state index is 0.0588. The van der Waals surface area contributed by atoms with Crippen molar-refractivity contribution in [2.75, 3.05) is 14.2 Å². The van der Waals surface area contributed by atoms with Gasteiger partial charge in [0.1, 0.15) is 0 Å². The first-order valence-corrected chi connectivity index (χ1v) is 10.9. The predicted octanol–water partition coefficient (Wildman–Crippen LogP) is 3.71. The van der Waals surface area contributed by atoms with Gasteiger partial charge in [-0.25, -0.2) is 4.98 Å². The molecule has 0 bridgehead atoms. The van der Waals surface area contributed by atoms with Crippen molar-refractivity contribution in [3.63, 3.8) is 0 Å². The molecule has 2 aliphatic rings. The lowest BCUT2D eigenvalue weighted by molar-refractivity contribution is 0.0389. The highest BCUT2D eigenvalue weighted by atomic mass is 16.5. The summed E-state index contributed by atoms with van der Waals surface area (Å²) in [7, 11) is 3.24. The Labute approximate surface area is 186 Å². The van der Waals surface area contributed by atoms with E-state index in [-0.39, 0.29) is 18.0 Å². The van der Waals surface area contributed by atoms with Crippen LogP contribution >= 0.6 is 0 Å². The van der Waals surface area contributed by atoms with Crippen LogP contribution in [0.15, 0.2) is 22.6 Å². The van der Waals surface area contributed by atoms with Gasteiger partial charge in [0.15, 0.2) is 29.0 Å². The number of oxazole rings is 1. The molecule has 2 atom stereocenters. The molecule has 32 heavy (non-hydrogen) atoms. The molecule has 1 fully saturated rings. The molecular formula is C23H27N5O4. The molecule has 1 saturated carbocycles. The molecule has 0 saturated heterocycles. The Balaban J connectivity index is 1.55. The Morgan fingerprint density at radius 3 is 2.50 bits per heavy atom. The van der Waals surface area contributed by atoms with E-state index in [9.17, 15) is 4.79 Å². The third-order valence-electron chi connectivity index (χ3n) is 6.50. The minimum Gasteiger partial charge on any atom is -0.493 e. The highest BCUT2D eigenvalue weighted by Gasteiger charge is 2.42. The lowest BCUT2D eigenvalue weighted by atomic mass is 9.87. The maximum atomic E-state index is 13.4. The molecule has 0 radical (unpaired) electrons. The van der Waals surface area contributed by atoms with Gasteiger partial charge in [0.05, 0.1) is 38.5 Å². The molecular weight excluding hydrogens is 410 g/mol. The van der Waals surface area contributed by atoms with Gasteiger partial charge in [-0.2, -0.15) is 0 Å². The Morgan fingerprint density at radius 2 is 1.81 bits per heavy atom. The number of carbonyl (C=O) groups excluding carboxylic acids is 1. The van der Waals surface area contributed by atoms with Crippen LogP contribution in [-0.2, 0) is 6.54 Å². The molecule has 3 aromatic rings. The molecule has 0 unspecified atom stereocenters. The molecule has 1 aliphatic heterocycles. The molecule has 168 valence electrons. The summed E-state index contributed by atoms with van der Waals surface area (Å²) in [6.07, 6.45) is 4.09. The number of amides is 1.